The maximum atomic E-state index is 13.8. The minimum absolute atomic E-state index is 0.0122. The van der Waals surface area contributed by atoms with Gasteiger partial charge in [-0.1, -0.05) is 57.2 Å². The number of benzene rings is 3. The minimum Gasteiger partial charge on any atom is -0.406 e. The number of ether oxygens (including phenoxy) is 1. The highest BCUT2D eigenvalue weighted by atomic mass is 19.4. The zero-order chi connectivity index (χ0) is 26.8. The minimum atomic E-state index is -4.76. The summed E-state index contributed by atoms with van der Waals surface area (Å²) in [4.78, 5) is 18.8. The van der Waals surface area contributed by atoms with Gasteiger partial charge in [-0.05, 0) is 71.3 Å². The van der Waals surface area contributed by atoms with Gasteiger partial charge in [0.15, 0.2) is 0 Å². The summed E-state index contributed by atoms with van der Waals surface area (Å²) in [6.07, 6.45) is -2.57. The van der Waals surface area contributed by atoms with Gasteiger partial charge < -0.3 is 14.6 Å². The van der Waals surface area contributed by atoms with E-state index < -0.39 is 6.36 Å². The van der Waals surface area contributed by atoms with Crippen LogP contribution in [0.1, 0.15) is 53.4 Å². The Morgan fingerprint density at radius 2 is 1.68 bits per heavy atom. The molecule has 0 saturated carbocycles. The number of rotatable bonds is 7. The lowest BCUT2D eigenvalue weighted by molar-refractivity contribution is -0.274. The summed E-state index contributed by atoms with van der Waals surface area (Å²) in [5.74, 6) is -0.411. The van der Waals surface area contributed by atoms with Crippen LogP contribution in [0.3, 0.4) is 0 Å². The molecule has 0 radical (unpaired) electrons. The molecule has 4 aromatic rings. The highest BCUT2D eigenvalue weighted by molar-refractivity contribution is 6.06. The van der Waals surface area contributed by atoms with E-state index in [0.717, 1.165) is 22.0 Å². The van der Waals surface area contributed by atoms with Crippen molar-refractivity contribution in [2.24, 2.45) is 0 Å². The smallest absolute Gasteiger partial charge is 0.406 e. The number of alkyl halides is 3. The number of hydrogen-bond donors (Lipinski definition) is 1. The number of fused-ring (bicyclic) bond motifs is 1. The fourth-order valence-electron chi connectivity index (χ4n) is 4.41. The van der Waals surface area contributed by atoms with Crippen molar-refractivity contribution < 1.29 is 22.7 Å². The van der Waals surface area contributed by atoms with E-state index in [1.165, 1.54) is 23.8 Å². The first-order chi connectivity index (χ1) is 17.4. The topological polar surface area (TPSA) is 45.3 Å². The molecule has 1 amide bonds. The molecular weight excluding hydrogens is 477 g/mol. The summed E-state index contributed by atoms with van der Waals surface area (Å²) in [6.45, 7) is 9.09. The number of hydrogen-bond acceptors (Lipinski definition) is 2. The summed E-state index contributed by atoms with van der Waals surface area (Å²) in [5.41, 5.74) is 5.15. The summed E-state index contributed by atoms with van der Waals surface area (Å²) < 4.78 is 42.1. The predicted molar refractivity (Wildman–Crippen MR) is 140 cm³/mol. The van der Waals surface area contributed by atoms with E-state index in [0.29, 0.717) is 30.6 Å². The number of nitrogens with zero attached hydrogens (tertiary/aromatic N) is 1. The Morgan fingerprint density at radius 1 is 0.946 bits per heavy atom. The van der Waals surface area contributed by atoms with Crippen molar-refractivity contribution in [3.05, 3.63) is 101 Å². The summed E-state index contributed by atoms with van der Waals surface area (Å²) in [5, 5.41) is 0.954. The quantitative estimate of drug-likeness (QED) is 0.280. The number of aromatic amines is 1. The molecule has 0 fully saturated rings. The number of carbonyl (C=O) groups excluding carboxylic acids is 1. The van der Waals surface area contributed by atoms with Crippen molar-refractivity contribution in [1.29, 1.82) is 0 Å². The van der Waals surface area contributed by atoms with Gasteiger partial charge in [0.1, 0.15) is 5.75 Å². The van der Waals surface area contributed by atoms with Gasteiger partial charge in [-0.15, -0.1) is 13.2 Å². The molecule has 0 unspecified atom stereocenters. The lowest BCUT2D eigenvalue weighted by atomic mass is 9.87. The molecule has 7 heteroatoms. The first-order valence-electron chi connectivity index (χ1n) is 12.2. The van der Waals surface area contributed by atoms with Crippen LogP contribution in [0.4, 0.5) is 13.2 Å². The lowest BCUT2D eigenvalue weighted by Gasteiger charge is -2.25. The molecule has 3 aromatic carbocycles. The zero-order valence-electron chi connectivity index (χ0n) is 21.4. The fraction of sp³-hybridized carbons (Fsp3) is 0.300. The van der Waals surface area contributed by atoms with E-state index in [-0.39, 0.29) is 17.1 Å². The third-order valence-corrected chi connectivity index (χ3v) is 6.32. The molecule has 1 N–H and O–H groups in total. The Balaban J connectivity index is 1.62. The van der Waals surface area contributed by atoms with Gasteiger partial charge in [0.05, 0.1) is 11.1 Å². The number of aryl methyl sites for hydroxylation is 1. The van der Waals surface area contributed by atoms with Crippen LogP contribution in [0, 0.1) is 6.92 Å². The van der Waals surface area contributed by atoms with Gasteiger partial charge in [-0.3, -0.25) is 4.79 Å². The van der Waals surface area contributed by atoms with Crippen molar-refractivity contribution in [3.8, 4) is 5.75 Å². The Kier molecular flexibility index (Phi) is 7.35. The normalized spacial score (nSPS) is 12.1. The van der Waals surface area contributed by atoms with Crippen LogP contribution in [-0.4, -0.2) is 28.7 Å². The third-order valence-electron chi connectivity index (χ3n) is 6.32. The molecule has 0 aliphatic heterocycles. The molecule has 0 saturated heterocycles. The van der Waals surface area contributed by atoms with Crippen LogP contribution in [0.15, 0.2) is 72.9 Å². The molecule has 0 atom stereocenters. The van der Waals surface area contributed by atoms with Crippen LogP contribution in [0.25, 0.3) is 10.9 Å². The highest BCUT2D eigenvalue weighted by Gasteiger charge is 2.31. The van der Waals surface area contributed by atoms with Crippen LogP contribution >= 0.6 is 0 Å². The van der Waals surface area contributed by atoms with Crippen molar-refractivity contribution >= 4 is 16.8 Å². The average Bonchev–Trinajstić information content (AvgIpc) is 3.28. The highest BCUT2D eigenvalue weighted by Crippen LogP contribution is 2.26. The molecule has 0 aliphatic carbocycles. The molecular formula is C30H31F3N2O2. The second kappa shape index (κ2) is 10.3. The van der Waals surface area contributed by atoms with E-state index in [1.807, 2.05) is 43.5 Å². The van der Waals surface area contributed by atoms with E-state index in [9.17, 15) is 18.0 Å². The molecule has 37 heavy (non-hydrogen) atoms. The number of halogens is 3. The van der Waals surface area contributed by atoms with Crippen LogP contribution in [0.5, 0.6) is 5.75 Å². The average molecular weight is 509 g/mol. The van der Waals surface area contributed by atoms with Crippen molar-refractivity contribution in [2.45, 2.75) is 52.4 Å². The standard InChI is InChI=1S/C30H31F3N2O2/c1-20-16-23-12-14-34-27(23)26(17-20)28(36)35(19-22-8-10-24(11-9-22)29(2,3)4)15-13-21-6-5-7-25(18-21)37-30(31,32)33/h5-12,14,16-18,34H,13,15,19H2,1-4H3. The summed E-state index contributed by atoms with van der Waals surface area (Å²) in [7, 11) is 0. The number of H-pyrrole nitrogens is 1. The molecule has 1 aromatic heterocycles. The number of nitrogens with one attached hydrogen (secondary N) is 1. The number of carbonyl (C=O) groups is 1. The van der Waals surface area contributed by atoms with Crippen molar-refractivity contribution in [3.63, 3.8) is 0 Å². The molecule has 0 aliphatic rings. The Bertz CT molecular complexity index is 1380. The second-order valence-electron chi connectivity index (χ2n) is 10.4. The number of aromatic nitrogens is 1. The Hall–Kier alpha value is -3.74. The van der Waals surface area contributed by atoms with Gasteiger partial charge in [-0.2, -0.15) is 0 Å². The summed E-state index contributed by atoms with van der Waals surface area (Å²) >= 11 is 0. The van der Waals surface area contributed by atoms with E-state index >= 15 is 0 Å². The van der Waals surface area contributed by atoms with Gasteiger partial charge in [0, 0.05) is 24.7 Å². The SMILES string of the molecule is Cc1cc(C(=O)N(CCc2cccc(OC(F)(F)F)c2)Cc2ccc(C(C)(C)C)cc2)c2[nH]ccc2c1. The van der Waals surface area contributed by atoms with Crippen molar-refractivity contribution in [1.82, 2.24) is 9.88 Å². The summed E-state index contributed by atoms with van der Waals surface area (Å²) in [6, 6.07) is 19.9. The predicted octanol–water partition coefficient (Wildman–Crippen LogP) is 7.56. The largest absolute Gasteiger partial charge is 0.573 e. The Morgan fingerprint density at radius 3 is 2.35 bits per heavy atom. The van der Waals surface area contributed by atoms with Crippen LogP contribution < -0.4 is 4.74 Å². The molecule has 0 spiro atoms. The Labute approximate surface area is 215 Å². The van der Waals surface area contributed by atoms with E-state index in [2.05, 4.69) is 42.6 Å². The molecule has 0 bridgehead atoms. The maximum Gasteiger partial charge on any atom is 0.573 e. The van der Waals surface area contributed by atoms with Gasteiger partial charge >= 0.3 is 6.36 Å². The monoisotopic (exact) mass is 508 g/mol. The molecule has 4 rings (SSSR count). The van der Waals surface area contributed by atoms with E-state index in [1.54, 1.807) is 11.0 Å². The lowest BCUT2D eigenvalue weighted by Crippen LogP contribution is -2.33. The van der Waals surface area contributed by atoms with Crippen LogP contribution in [0.2, 0.25) is 0 Å². The van der Waals surface area contributed by atoms with Crippen LogP contribution in [-0.2, 0) is 18.4 Å². The first-order valence-corrected chi connectivity index (χ1v) is 12.2. The fourth-order valence-corrected chi connectivity index (χ4v) is 4.41. The molecule has 4 nitrogen and oxygen atoms in total. The van der Waals surface area contributed by atoms with E-state index in [4.69, 9.17) is 0 Å². The maximum absolute atomic E-state index is 13.8. The van der Waals surface area contributed by atoms with Gasteiger partial charge in [0.25, 0.3) is 5.91 Å². The van der Waals surface area contributed by atoms with Gasteiger partial charge in [0.2, 0.25) is 0 Å². The molecule has 194 valence electrons. The number of amides is 1. The third kappa shape index (κ3) is 6.73. The first kappa shape index (κ1) is 26.3. The van der Waals surface area contributed by atoms with Gasteiger partial charge in [-0.25, -0.2) is 0 Å². The zero-order valence-corrected chi connectivity index (χ0v) is 21.4. The second-order valence-corrected chi connectivity index (χ2v) is 10.4. The molecule has 1 heterocycles. The van der Waals surface area contributed by atoms with Crippen molar-refractivity contribution in [2.75, 3.05) is 6.54 Å².